The lowest BCUT2D eigenvalue weighted by Crippen LogP contribution is -2.41. The van der Waals surface area contributed by atoms with Gasteiger partial charge in [0, 0.05) is 31.5 Å². The molecule has 0 bridgehead atoms. The Kier molecular flexibility index (Phi) is 7.46. The second kappa shape index (κ2) is 9.90. The molecule has 8 nitrogen and oxygen atoms in total. The fourth-order valence-corrected chi connectivity index (χ4v) is 3.43. The number of aliphatic hydroxyl groups is 1. The minimum Gasteiger partial charge on any atom is -0.368 e. The van der Waals surface area contributed by atoms with Crippen molar-refractivity contribution in [1.29, 1.82) is 0 Å². The summed E-state index contributed by atoms with van der Waals surface area (Å²) in [6.45, 7) is 2.34. The number of aliphatic hydroxyl groups excluding tert-OH is 1. The van der Waals surface area contributed by atoms with Crippen LogP contribution in [0.1, 0.15) is 29.9 Å². The van der Waals surface area contributed by atoms with Crippen molar-refractivity contribution in [2.24, 2.45) is 4.99 Å². The summed E-state index contributed by atoms with van der Waals surface area (Å²) in [5.74, 6) is 1.47. The fourth-order valence-electron chi connectivity index (χ4n) is 2.86. The summed E-state index contributed by atoms with van der Waals surface area (Å²) in [6.07, 6.45) is -3.85. The Hall–Kier alpha value is -2.28. The maximum Gasteiger partial charge on any atom is 0.416 e. The van der Waals surface area contributed by atoms with E-state index >= 15 is 0 Å². The molecule has 31 heavy (non-hydrogen) atoms. The smallest absolute Gasteiger partial charge is 0.368 e. The molecule has 3 rings (SSSR count). The van der Waals surface area contributed by atoms with E-state index in [1.54, 1.807) is 12.3 Å². The van der Waals surface area contributed by atoms with Gasteiger partial charge in [0.15, 0.2) is 5.82 Å². The van der Waals surface area contributed by atoms with Gasteiger partial charge in [-0.3, -0.25) is 10.3 Å². The maximum absolute atomic E-state index is 12.8. The first-order valence-corrected chi connectivity index (χ1v) is 10.3. The Morgan fingerprint density at radius 2 is 1.97 bits per heavy atom. The zero-order valence-corrected chi connectivity index (χ0v) is 18.3. The number of nitrogens with one attached hydrogen (secondary N) is 3. The summed E-state index contributed by atoms with van der Waals surface area (Å²) in [4.78, 5) is 13.0. The van der Waals surface area contributed by atoms with E-state index in [0.29, 0.717) is 29.6 Å². The van der Waals surface area contributed by atoms with Crippen LogP contribution in [0.5, 0.6) is 0 Å². The molecule has 1 aromatic heterocycles. The Balaban J connectivity index is 1.70. The van der Waals surface area contributed by atoms with Crippen LogP contribution in [0.2, 0.25) is 0 Å². The van der Waals surface area contributed by atoms with Crippen LogP contribution in [0.4, 0.5) is 19.0 Å². The number of hydrogen-bond donors (Lipinski definition) is 4. The monoisotopic (exact) mass is 502 g/mol. The van der Waals surface area contributed by atoms with E-state index in [-0.39, 0.29) is 11.0 Å². The van der Waals surface area contributed by atoms with E-state index in [1.165, 1.54) is 19.2 Å². The van der Waals surface area contributed by atoms with Gasteiger partial charge in [-0.05, 0) is 25.1 Å². The summed E-state index contributed by atoms with van der Waals surface area (Å²) in [5, 5.41) is 18.5. The molecule has 2 aromatic rings. The Bertz CT molecular complexity index is 912. The van der Waals surface area contributed by atoms with Crippen LogP contribution < -0.4 is 16.0 Å². The zero-order valence-electron chi connectivity index (χ0n) is 16.7. The number of nitrogens with zero attached hydrogens (tertiary/aromatic N) is 3. The quantitative estimate of drug-likeness (QED) is 0.250. The Morgan fingerprint density at radius 1 is 1.26 bits per heavy atom. The van der Waals surface area contributed by atoms with Gasteiger partial charge in [-0.15, -0.1) is 0 Å². The molecule has 4 atom stereocenters. The van der Waals surface area contributed by atoms with Crippen molar-refractivity contribution in [2.45, 2.75) is 36.5 Å². The predicted octanol–water partition coefficient (Wildman–Crippen LogP) is 2.62. The topological polar surface area (TPSA) is 104 Å². The minimum absolute atomic E-state index is 0.102. The molecule has 0 radical (unpaired) electrons. The van der Waals surface area contributed by atoms with Crippen LogP contribution in [-0.2, 0) is 10.9 Å². The van der Waals surface area contributed by atoms with Gasteiger partial charge in [0.2, 0.25) is 6.41 Å². The first-order valence-electron chi connectivity index (χ1n) is 9.37. The lowest BCUT2D eigenvalue weighted by atomic mass is 10.1. The molecule has 0 saturated heterocycles. The summed E-state index contributed by atoms with van der Waals surface area (Å²) in [5.41, 5.74) is -0.184. The molecule has 0 saturated carbocycles. The number of aliphatic imine (C=N–C) groups is 1. The van der Waals surface area contributed by atoms with E-state index in [0.717, 1.165) is 12.1 Å². The second-order valence-corrected chi connectivity index (χ2v) is 7.87. The lowest BCUT2D eigenvalue weighted by molar-refractivity contribution is -0.137. The molecule has 1 aromatic carbocycles. The molecular formula is C19H22BrF3N6O2. The molecule has 4 unspecified atom stereocenters. The van der Waals surface area contributed by atoms with Gasteiger partial charge in [-0.1, -0.05) is 28.1 Å². The molecule has 4 N–H and O–H groups in total. The highest BCUT2D eigenvalue weighted by Gasteiger charge is 2.32. The van der Waals surface area contributed by atoms with E-state index in [2.05, 4.69) is 46.8 Å². The summed E-state index contributed by atoms with van der Waals surface area (Å²) in [6, 6.07) is 5.92. The van der Waals surface area contributed by atoms with Gasteiger partial charge in [0.05, 0.1) is 5.56 Å². The minimum atomic E-state index is -4.39. The highest BCUT2D eigenvalue weighted by molar-refractivity contribution is 9.09. The highest BCUT2D eigenvalue weighted by Crippen LogP contribution is 2.31. The largest absolute Gasteiger partial charge is 0.416 e. The number of amidine groups is 1. The van der Waals surface area contributed by atoms with Crippen molar-refractivity contribution >= 4 is 27.6 Å². The molecule has 1 aliphatic heterocycles. The number of anilines is 1. The van der Waals surface area contributed by atoms with Gasteiger partial charge in [0.25, 0.3) is 0 Å². The molecule has 168 valence electrons. The molecule has 0 amide bonds. The van der Waals surface area contributed by atoms with Crippen LogP contribution in [-0.4, -0.2) is 52.0 Å². The van der Waals surface area contributed by atoms with E-state index in [4.69, 9.17) is 4.74 Å². The Morgan fingerprint density at radius 3 is 2.61 bits per heavy atom. The molecule has 0 fully saturated rings. The third-order valence-electron chi connectivity index (χ3n) is 4.48. The van der Waals surface area contributed by atoms with Gasteiger partial charge in [-0.2, -0.15) is 13.2 Å². The van der Waals surface area contributed by atoms with Crippen molar-refractivity contribution in [3.05, 3.63) is 53.5 Å². The standard InChI is InChI=1S/C19H22BrF3N6O2/c1-10(26-18(30)31-2)9-25-13-7-8-24-17(27-13)14-15(20)29-16(28-14)11-3-5-12(6-4-11)19(21,22)23/h3-8,10,14-15,18,26,30H,9H2,1-2H3,(H,28,29)(H,24,25,27). The number of methoxy groups -OCH3 is 1. The van der Waals surface area contributed by atoms with Crippen molar-refractivity contribution in [2.75, 3.05) is 19.0 Å². The first kappa shape index (κ1) is 23.4. The molecule has 1 aliphatic rings. The SMILES string of the molecule is COC(O)NC(C)CNc1ccnc(C2N=C(c3ccc(C(F)(F)F)cc3)NC2Br)n1. The number of aromatic nitrogens is 2. The van der Waals surface area contributed by atoms with Gasteiger partial charge < -0.3 is 20.5 Å². The van der Waals surface area contributed by atoms with E-state index < -0.39 is 24.2 Å². The number of rotatable bonds is 8. The van der Waals surface area contributed by atoms with Crippen LogP contribution in [0, 0.1) is 0 Å². The van der Waals surface area contributed by atoms with Crippen molar-refractivity contribution in [3.63, 3.8) is 0 Å². The number of benzene rings is 1. The van der Waals surface area contributed by atoms with Crippen LogP contribution >= 0.6 is 15.9 Å². The van der Waals surface area contributed by atoms with E-state index in [1.807, 2.05) is 6.92 Å². The fraction of sp³-hybridized carbons (Fsp3) is 0.421. The molecule has 0 spiro atoms. The maximum atomic E-state index is 12.8. The average Bonchev–Trinajstić information content (AvgIpc) is 3.13. The van der Waals surface area contributed by atoms with Crippen LogP contribution in [0.15, 0.2) is 41.5 Å². The van der Waals surface area contributed by atoms with Gasteiger partial charge in [-0.25, -0.2) is 9.97 Å². The van der Waals surface area contributed by atoms with Crippen molar-refractivity contribution < 1.29 is 23.0 Å². The zero-order chi connectivity index (χ0) is 22.6. The lowest BCUT2D eigenvalue weighted by Gasteiger charge is -2.18. The number of hydrogen-bond acceptors (Lipinski definition) is 8. The van der Waals surface area contributed by atoms with Crippen LogP contribution in [0.3, 0.4) is 0 Å². The number of ether oxygens (including phenoxy) is 1. The van der Waals surface area contributed by atoms with Crippen molar-refractivity contribution in [3.8, 4) is 0 Å². The highest BCUT2D eigenvalue weighted by atomic mass is 79.9. The second-order valence-electron chi connectivity index (χ2n) is 6.88. The predicted molar refractivity (Wildman–Crippen MR) is 113 cm³/mol. The van der Waals surface area contributed by atoms with Gasteiger partial charge in [0.1, 0.15) is 22.6 Å². The molecular weight excluding hydrogens is 481 g/mol. The molecule has 2 heterocycles. The average molecular weight is 503 g/mol. The molecule has 0 aliphatic carbocycles. The first-order chi connectivity index (χ1) is 14.7. The summed E-state index contributed by atoms with van der Waals surface area (Å²) < 4.78 is 43.1. The Labute approximate surface area is 185 Å². The third-order valence-corrected chi connectivity index (χ3v) is 5.21. The number of halogens is 4. The van der Waals surface area contributed by atoms with Crippen LogP contribution in [0.25, 0.3) is 0 Å². The normalized spacial score (nSPS) is 20.7. The molecule has 12 heteroatoms. The summed E-state index contributed by atoms with van der Waals surface area (Å²) >= 11 is 3.49. The van der Waals surface area contributed by atoms with Gasteiger partial charge >= 0.3 is 6.18 Å². The van der Waals surface area contributed by atoms with Crippen molar-refractivity contribution in [1.82, 2.24) is 20.6 Å². The van der Waals surface area contributed by atoms with E-state index in [9.17, 15) is 18.3 Å². The number of alkyl halides is 4. The third kappa shape index (κ3) is 6.12. The summed E-state index contributed by atoms with van der Waals surface area (Å²) in [7, 11) is 1.39.